The molecule has 0 spiro atoms. The standard InChI is InChI=1S/C14H18Cl2N2O/c15-11-4-3-10(13(16)8-11)5-7-17-12-2-1-6-18-14(19)9-12/h3-4,8,12,17H,1-2,5-7,9H2,(H,18,19). The fourth-order valence-electron chi connectivity index (χ4n) is 2.28. The topological polar surface area (TPSA) is 41.1 Å². The van der Waals surface area contributed by atoms with E-state index in [0.29, 0.717) is 16.5 Å². The fourth-order valence-corrected chi connectivity index (χ4v) is 2.79. The third-order valence-corrected chi connectivity index (χ3v) is 3.91. The van der Waals surface area contributed by atoms with Crippen LogP contribution in [0.4, 0.5) is 0 Å². The average Bonchev–Trinajstić information content (AvgIpc) is 2.56. The van der Waals surface area contributed by atoms with E-state index in [0.717, 1.165) is 37.9 Å². The molecule has 3 nitrogen and oxygen atoms in total. The van der Waals surface area contributed by atoms with Crippen LogP contribution in [-0.2, 0) is 11.2 Å². The maximum atomic E-state index is 11.4. The van der Waals surface area contributed by atoms with Gasteiger partial charge in [0, 0.05) is 29.1 Å². The Balaban J connectivity index is 1.80. The highest BCUT2D eigenvalue weighted by atomic mass is 35.5. The maximum absolute atomic E-state index is 11.4. The molecule has 2 N–H and O–H groups in total. The lowest BCUT2D eigenvalue weighted by Gasteiger charge is -2.15. The van der Waals surface area contributed by atoms with Gasteiger partial charge in [-0.1, -0.05) is 29.3 Å². The van der Waals surface area contributed by atoms with Gasteiger partial charge in [0.1, 0.15) is 0 Å². The smallest absolute Gasteiger partial charge is 0.221 e. The third-order valence-electron chi connectivity index (χ3n) is 3.33. The summed E-state index contributed by atoms with van der Waals surface area (Å²) in [5.74, 6) is 0.138. The summed E-state index contributed by atoms with van der Waals surface area (Å²) in [5, 5.41) is 7.67. The summed E-state index contributed by atoms with van der Waals surface area (Å²) in [6.45, 7) is 1.61. The minimum atomic E-state index is 0.138. The van der Waals surface area contributed by atoms with Crippen LogP contribution >= 0.6 is 23.2 Å². The van der Waals surface area contributed by atoms with Crippen LogP contribution in [0.5, 0.6) is 0 Å². The van der Waals surface area contributed by atoms with Gasteiger partial charge < -0.3 is 10.6 Å². The zero-order valence-electron chi connectivity index (χ0n) is 10.7. The molecular formula is C14H18Cl2N2O. The summed E-state index contributed by atoms with van der Waals surface area (Å²) >= 11 is 12.0. The second-order valence-electron chi connectivity index (χ2n) is 4.83. The van der Waals surface area contributed by atoms with Crippen molar-refractivity contribution in [1.82, 2.24) is 10.6 Å². The van der Waals surface area contributed by atoms with Crippen molar-refractivity contribution in [3.63, 3.8) is 0 Å². The number of benzene rings is 1. The molecule has 0 aromatic heterocycles. The molecule has 1 aromatic carbocycles. The molecule has 104 valence electrons. The van der Waals surface area contributed by atoms with Gasteiger partial charge in [0.25, 0.3) is 0 Å². The zero-order valence-corrected chi connectivity index (χ0v) is 12.2. The Kier molecular flexibility index (Phi) is 5.49. The molecule has 0 aliphatic carbocycles. The van der Waals surface area contributed by atoms with Gasteiger partial charge in [0.2, 0.25) is 5.91 Å². The molecule has 1 aliphatic heterocycles. The van der Waals surface area contributed by atoms with E-state index < -0.39 is 0 Å². The minimum absolute atomic E-state index is 0.138. The predicted molar refractivity (Wildman–Crippen MR) is 78.8 cm³/mol. The molecule has 0 bridgehead atoms. The number of nitrogens with one attached hydrogen (secondary N) is 2. The Labute approximate surface area is 123 Å². The molecular weight excluding hydrogens is 283 g/mol. The fraction of sp³-hybridized carbons (Fsp3) is 0.500. The first-order valence-corrected chi connectivity index (χ1v) is 7.35. The highest BCUT2D eigenvalue weighted by molar-refractivity contribution is 6.35. The van der Waals surface area contributed by atoms with Crippen LogP contribution in [-0.4, -0.2) is 25.0 Å². The first-order chi connectivity index (χ1) is 9.15. The second-order valence-corrected chi connectivity index (χ2v) is 5.68. The first kappa shape index (κ1) is 14.6. The van der Waals surface area contributed by atoms with Crippen LogP contribution in [0.15, 0.2) is 18.2 Å². The third kappa shape index (κ3) is 4.68. The SMILES string of the molecule is O=C1CC(NCCc2ccc(Cl)cc2Cl)CCCN1. The van der Waals surface area contributed by atoms with Gasteiger partial charge in [0.05, 0.1) is 0 Å². The van der Waals surface area contributed by atoms with Crippen molar-refractivity contribution >= 4 is 29.1 Å². The van der Waals surface area contributed by atoms with Gasteiger partial charge in [-0.3, -0.25) is 4.79 Å². The summed E-state index contributed by atoms with van der Waals surface area (Å²) in [4.78, 5) is 11.4. The molecule has 1 amide bonds. The Morgan fingerprint density at radius 1 is 1.37 bits per heavy atom. The summed E-state index contributed by atoms with van der Waals surface area (Å²) in [7, 11) is 0. The van der Waals surface area contributed by atoms with Crippen LogP contribution in [0.1, 0.15) is 24.8 Å². The van der Waals surface area contributed by atoms with Crippen molar-refractivity contribution in [3.05, 3.63) is 33.8 Å². The summed E-state index contributed by atoms with van der Waals surface area (Å²) < 4.78 is 0. The van der Waals surface area contributed by atoms with Crippen LogP contribution < -0.4 is 10.6 Å². The Hall–Kier alpha value is -0.770. The molecule has 1 fully saturated rings. The number of halogens is 2. The Bertz CT molecular complexity index is 451. The van der Waals surface area contributed by atoms with E-state index in [1.165, 1.54) is 0 Å². The quantitative estimate of drug-likeness (QED) is 0.898. The van der Waals surface area contributed by atoms with Gasteiger partial charge >= 0.3 is 0 Å². The van der Waals surface area contributed by atoms with Crippen LogP contribution in [0.25, 0.3) is 0 Å². The minimum Gasteiger partial charge on any atom is -0.356 e. The zero-order chi connectivity index (χ0) is 13.7. The normalized spacial score (nSPS) is 19.9. The lowest BCUT2D eigenvalue weighted by atomic mass is 10.1. The summed E-state index contributed by atoms with van der Waals surface area (Å²) in [5.41, 5.74) is 1.08. The van der Waals surface area contributed by atoms with E-state index >= 15 is 0 Å². The van der Waals surface area contributed by atoms with Crippen LogP contribution in [0.3, 0.4) is 0 Å². The second kappa shape index (κ2) is 7.13. The van der Waals surface area contributed by atoms with E-state index in [1.807, 2.05) is 12.1 Å². The van der Waals surface area contributed by atoms with Crippen molar-refractivity contribution < 1.29 is 4.79 Å². The lowest BCUT2D eigenvalue weighted by molar-refractivity contribution is -0.121. The highest BCUT2D eigenvalue weighted by Crippen LogP contribution is 2.21. The molecule has 5 heteroatoms. The van der Waals surface area contributed by atoms with Gasteiger partial charge in [-0.05, 0) is 43.5 Å². The van der Waals surface area contributed by atoms with Gasteiger partial charge in [-0.25, -0.2) is 0 Å². The van der Waals surface area contributed by atoms with Crippen molar-refractivity contribution in [2.45, 2.75) is 31.7 Å². The molecule has 1 heterocycles. The van der Waals surface area contributed by atoms with Crippen LogP contribution in [0, 0.1) is 0 Å². The van der Waals surface area contributed by atoms with E-state index in [4.69, 9.17) is 23.2 Å². The molecule has 2 rings (SSSR count). The molecule has 1 aliphatic rings. The van der Waals surface area contributed by atoms with Crippen molar-refractivity contribution in [3.8, 4) is 0 Å². The predicted octanol–water partition coefficient (Wildman–Crippen LogP) is 2.79. The molecule has 0 radical (unpaired) electrons. The molecule has 1 saturated heterocycles. The van der Waals surface area contributed by atoms with Gasteiger partial charge in [0.15, 0.2) is 0 Å². The number of carbonyl (C=O) groups is 1. The van der Waals surface area contributed by atoms with Crippen molar-refractivity contribution in [2.24, 2.45) is 0 Å². The number of amides is 1. The van der Waals surface area contributed by atoms with E-state index in [1.54, 1.807) is 6.07 Å². The Morgan fingerprint density at radius 2 is 2.21 bits per heavy atom. The number of carbonyl (C=O) groups excluding carboxylic acids is 1. The maximum Gasteiger partial charge on any atom is 0.221 e. The van der Waals surface area contributed by atoms with E-state index in [9.17, 15) is 4.79 Å². The number of hydrogen-bond donors (Lipinski definition) is 2. The van der Waals surface area contributed by atoms with Crippen molar-refractivity contribution in [2.75, 3.05) is 13.1 Å². The van der Waals surface area contributed by atoms with E-state index in [2.05, 4.69) is 10.6 Å². The lowest BCUT2D eigenvalue weighted by Crippen LogP contribution is -2.33. The van der Waals surface area contributed by atoms with Gasteiger partial charge in [-0.2, -0.15) is 0 Å². The largest absolute Gasteiger partial charge is 0.356 e. The van der Waals surface area contributed by atoms with E-state index in [-0.39, 0.29) is 11.9 Å². The molecule has 19 heavy (non-hydrogen) atoms. The molecule has 0 saturated carbocycles. The number of rotatable bonds is 4. The average molecular weight is 301 g/mol. The first-order valence-electron chi connectivity index (χ1n) is 6.59. The summed E-state index contributed by atoms with van der Waals surface area (Å²) in [6, 6.07) is 5.83. The highest BCUT2D eigenvalue weighted by Gasteiger charge is 2.16. The van der Waals surface area contributed by atoms with Gasteiger partial charge in [-0.15, -0.1) is 0 Å². The van der Waals surface area contributed by atoms with Crippen molar-refractivity contribution in [1.29, 1.82) is 0 Å². The molecule has 1 atom stereocenters. The van der Waals surface area contributed by atoms with Crippen LogP contribution in [0.2, 0.25) is 10.0 Å². The molecule has 1 unspecified atom stereocenters. The Morgan fingerprint density at radius 3 is 3.00 bits per heavy atom. The molecule has 1 aromatic rings. The number of hydrogen-bond acceptors (Lipinski definition) is 2. The monoisotopic (exact) mass is 300 g/mol. The summed E-state index contributed by atoms with van der Waals surface area (Å²) in [6.07, 6.45) is 3.47.